The van der Waals surface area contributed by atoms with Crippen molar-refractivity contribution >= 4 is 102 Å². The zero-order valence-corrected chi connectivity index (χ0v) is 39.9. The van der Waals surface area contributed by atoms with Crippen molar-refractivity contribution in [2.75, 3.05) is 66.4 Å². The number of aromatic nitrogens is 4. The van der Waals surface area contributed by atoms with Gasteiger partial charge in [-0.25, -0.2) is 19.9 Å². The molecule has 0 bridgehead atoms. The third kappa shape index (κ3) is 8.05. The first-order valence-corrected chi connectivity index (χ1v) is 25.9. The van der Waals surface area contributed by atoms with Crippen molar-refractivity contribution in [1.82, 2.24) is 24.8 Å². The summed E-state index contributed by atoms with van der Waals surface area (Å²) in [5.74, 6) is 0.975. The van der Waals surface area contributed by atoms with Crippen molar-refractivity contribution in [2.45, 2.75) is 90.3 Å². The van der Waals surface area contributed by atoms with Gasteiger partial charge in [0.15, 0.2) is 0 Å². The number of thiophene rings is 2. The normalized spacial score (nSPS) is 21.4. The van der Waals surface area contributed by atoms with Gasteiger partial charge in [-0.15, -0.1) is 22.7 Å². The summed E-state index contributed by atoms with van der Waals surface area (Å²) >= 11 is 3.33. The van der Waals surface area contributed by atoms with Crippen molar-refractivity contribution < 1.29 is 19.4 Å². The summed E-state index contributed by atoms with van der Waals surface area (Å²) in [6.45, 7) is 9.85. The fraction of sp³-hybridized carbons (Fsp3) is 0.451. The maximum absolute atomic E-state index is 13.4. The summed E-state index contributed by atoms with van der Waals surface area (Å²) in [7, 11) is 0. The number of aryl methyl sites for hydroxylation is 2. The molecule has 0 radical (unpaired) electrons. The third-order valence-corrected chi connectivity index (χ3v) is 17.3. The molecule has 3 fully saturated rings. The molecule has 3 atom stereocenters. The van der Waals surface area contributed by atoms with Crippen LogP contribution in [0.5, 0.6) is 0 Å². The zero-order chi connectivity index (χ0) is 45.9. The van der Waals surface area contributed by atoms with E-state index >= 15 is 0 Å². The molecule has 1 amide bonds. The van der Waals surface area contributed by atoms with Crippen LogP contribution in [0.1, 0.15) is 88.6 Å². The molecule has 68 heavy (non-hydrogen) atoms. The number of hydrogen-bond donors (Lipinski definition) is 3. The van der Waals surface area contributed by atoms with Gasteiger partial charge >= 0.3 is 5.97 Å². The molecular weight excluding hydrogens is 895 g/mol. The molecule has 13 rings (SSSR count). The molecule has 15 nitrogen and oxygen atoms in total. The Morgan fingerprint density at radius 3 is 1.72 bits per heavy atom. The minimum atomic E-state index is -0.706. The minimum absolute atomic E-state index is 0.0308. The molecule has 3 N–H and O–H groups in total. The van der Waals surface area contributed by atoms with Gasteiger partial charge in [-0.1, -0.05) is 0 Å². The summed E-state index contributed by atoms with van der Waals surface area (Å²) in [5.41, 5.74) is 12.0. The summed E-state index contributed by atoms with van der Waals surface area (Å²) in [4.78, 5) is 63.6. The number of nitrogens with one attached hydrogen (secondary N) is 2. The number of benzene rings is 2. The standard InChI is InChI=1S/C28H32N6O2S.C23H23N5O2S/c1-17-15-36-9-8-34(17)28(35)18-4-5-21-24(12-18)37-27-25(21)26(30-16-31-27)32-22-10-19-13-29-14-20(19)11-23(22)33-6-2-3-7-33;29-23(30)13-3-4-16-19(9-13)31-22-20(16)21(25-12-26-22)27-17-7-14-10-24-11-15(14)8-18(17)28-5-1-2-6-28/h10-11,13,16-18H,2-9,12,14-15H2,1H3,(H,30,31,32);7-8,10,12-13H,1-6,9,11H2,(H,29,30)(H,25,26,27)/t17-,18-;13-/m00/s1. The van der Waals surface area contributed by atoms with Gasteiger partial charge in [0.1, 0.15) is 34.0 Å². The number of aliphatic imine (C=N–C) groups is 2. The summed E-state index contributed by atoms with van der Waals surface area (Å²) in [6.07, 6.45) is 16.6. The second-order valence-corrected chi connectivity index (χ2v) is 21.4. The Labute approximate surface area is 402 Å². The number of carbonyl (C=O) groups excluding carboxylic acids is 1. The van der Waals surface area contributed by atoms with Crippen molar-refractivity contribution in [3.63, 3.8) is 0 Å². The lowest BCUT2D eigenvalue weighted by molar-refractivity contribution is -0.144. The van der Waals surface area contributed by atoms with E-state index in [4.69, 9.17) is 9.72 Å². The average Bonchev–Trinajstić information content (AvgIpc) is 4.22. The van der Waals surface area contributed by atoms with E-state index in [0.29, 0.717) is 32.6 Å². The van der Waals surface area contributed by atoms with Gasteiger partial charge in [0, 0.05) is 60.8 Å². The topological polar surface area (TPSA) is 174 Å². The van der Waals surface area contributed by atoms with E-state index in [1.54, 1.807) is 35.3 Å². The first kappa shape index (κ1) is 43.3. The van der Waals surface area contributed by atoms with Gasteiger partial charge in [-0.3, -0.25) is 19.6 Å². The van der Waals surface area contributed by atoms with Gasteiger partial charge in [0.05, 0.1) is 71.8 Å². The van der Waals surface area contributed by atoms with E-state index in [9.17, 15) is 14.7 Å². The number of carboxylic acids is 1. The molecule has 0 saturated carbocycles. The van der Waals surface area contributed by atoms with E-state index in [-0.39, 0.29) is 23.8 Å². The summed E-state index contributed by atoms with van der Waals surface area (Å²) < 4.78 is 5.55. The molecule has 0 unspecified atom stereocenters. The lowest BCUT2D eigenvalue weighted by Crippen LogP contribution is -2.50. The van der Waals surface area contributed by atoms with Crippen LogP contribution in [0.3, 0.4) is 0 Å². The molecule has 9 heterocycles. The SMILES string of the molecule is C[C@H]1COCCN1C(=O)[C@H]1CCc2c(sc3ncnc(Nc4cc5c(cc4N4CCCC4)CN=C5)c23)C1.O=C(O)[C@H]1CCc2c(sc3ncnc(Nc4cc5c(cc4N4CCCC4)CN=C5)c23)C1. The van der Waals surface area contributed by atoms with Crippen molar-refractivity contribution in [3.8, 4) is 0 Å². The second-order valence-electron chi connectivity index (χ2n) is 19.2. The molecular formula is C51H55N11O4S2. The Kier molecular flexibility index (Phi) is 11.5. The van der Waals surface area contributed by atoms with E-state index in [0.717, 1.165) is 119 Å². The highest BCUT2D eigenvalue weighted by Crippen LogP contribution is 2.45. The monoisotopic (exact) mass is 949 g/mol. The van der Waals surface area contributed by atoms with Crippen LogP contribution in [-0.2, 0) is 53.1 Å². The minimum Gasteiger partial charge on any atom is -0.481 e. The number of nitrogens with zero attached hydrogens (tertiary/aromatic N) is 9. The number of anilines is 6. The van der Waals surface area contributed by atoms with E-state index in [1.165, 1.54) is 69.8 Å². The molecule has 5 aliphatic heterocycles. The third-order valence-electron chi connectivity index (χ3n) is 14.9. The molecule has 2 aliphatic carbocycles. The molecule has 3 saturated heterocycles. The number of carbonyl (C=O) groups is 2. The number of fused-ring (bicyclic) bond motifs is 8. The van der Waals surface area contributed by atoms with Crippen molar-refractivity contribution in [2.24, 2.45) is 21.8 Å². The Hall–Kier alpha value is -6.04. The Morgan fingerprint density at radius 2 is 1.21 bits per heavy atom. The van der Waals surface area contributed by atoms with Crippen molar-refractivity contribution in [3.05, 3.63) is 80.1 Å². The van der Waals surface area contributed by atoms with Crippen LogP contribution in [0.4, 0.5) is 34.4 Å². The molecule has 4 aromatic heterocycles. The first-order chi connectivity index (χ1) is 33.3. The smallest absolute Gasteiger partial charge is 0.306 e. The van der Waals surface area contributed by atoms with E-state index in [2.05, 4.69) is 76.6 Å². The van der Waals surface area contributed by atoms with Gasteiger partial charge < -0.3 is 35.2 Å². The van der Waals surface area contributed by atoms with Crippen molar-refractivity contribution in [1.29, 1.82) is 0 Å². The molecule has 6 aromatic rings. The summed E-state index contributed by atoms with van der Waals surface area (Å²) in [6, 6.07) is 9.14. The van der Waals surface area contributed by atoms with Gasteiger partial charge in [-0.2, -0.15) is 0 Å². The maximum atomic E-state index is 13.4. The number of aliphatic carboxylic acids is 1. The second kappa shape index (κ2) is 18.1. The number of carboxylic acid groups (broad SMARTS) is 1. The number of morpholine rings is 1. The lowest BCUT2D eigenvalue weighted by atomic mass is 9.86. The van der Waals surface area contributed by atoms with Gasteiger partial charge in [-0.05, 0) is 129 Å². The number of amides is 1. The molecule has 350 valence electrons. The van der Waals surface area contributed by atoms with Gasteiger partial charge in [0.25, 0.3) is 0 Å². The fourth-order valence-corrected chi connectivity index (χ4v) is 13.8. The highest BCUT2D eigenvalue weighted by atomic mass is 32.1. The van der Waals surface area contributed by atoms with Crippen LogP contribution < -0.4 is 20.4 Å². The first-order valence-electron chi connectivity index (χ1n) is 24.3. The van der Waals surface area contributed by atoms with Gasteiger partial charge in [0.2, 0.25) is 5.91 Å². The highest BCUT2D eigenvalue weighted by Gasteiger charge is 2.35. The zero-order valence-electron chi connectivity index (χ0n) is 38.3. The molecule has 2 aromatic carbocycles. The molecule has 17 heteroatoms. The summed E-state index contributed by atoms with van der Waals surface area (Å²) in [5, 5.41) is 19.0. The van der Waals surface area contributed by atoms with Crippen LogP contribution in [0, 0.1) is 11.8 Å². The quantitative estimate of drug-likeness (QED) is 0.133. The Bertz CT molecular complexity index is 3030. The Balaban J connectivity index is 0.000000143. The number of rotatable bonds is 8. The van der Waals surface area contributed by atoms with Crippen LogP contribution in [-0.4, -0.2) is 106 Å². The average molecular weight is 950 g/mol. The van der Waals surface area contributed by atoms with E-state index in [1.807, 2.05) is 17.3 Å². The lowest BCUT2D eigenvalue weighted by Gasteiger charge is -2.36. The number of ether oxygens (including phenoxy) is 1. The molecule has 0 spiro atoms. The Morgan fingerprint density at radius 1 is 0.691 bits per heavy atom. The molecule has 7 aliphatic rings. The predicted molar refractivity (Wildman–Crippen MR) is 270 cm³/mol. The maximum Gasteiger partial charge on any atom is 0.306 e. The number of hydrogen-bond acceptors (Lipinski definition) is 15. The largest absolute Gasteiger partial charge is 0.481 e. The van der Waals surface area contributed by atoms with Crippen LogP contribution >= 0.6 is 22.7 Å². The fourth-order valence-electron chi connectivity index (χ4n) is 11.3. The highest BCUT2D eigenvalue weighted by molar-refractivity contribution is 7.19. The van der Waals surface area contributed by atoms with Crippen LogP contribution in [0.25, 0.3) is 20.4 Å². The predicted octanol–water partition coefficient (Wildman–Crippen LogP) is 8.48. The van der Waals surface area contributed by atoms with Crippen LogP contribution in [0.15, 0.2) is 46.9 Å². The van der Waals surface area contributed by atoms with Crippen LogP contribution in [0.2, 0.25) is 0 Å². The van der Waals surface area contributed by atoms with E-state index < -0.39 is 5.97 Å².